The molecule has 0 radical (unpaired) electrons. The summed E-state index contributed by atoms with van der Waals surface area (Å²) in [5.74, 6) is 1.03. The van der Waals surface area contributed by atoms with Crippen molar-refractivity contribution < 1.29 is 0 Å². The molecule has 0 fully saturated rings. The third kappa shape index (κ3) is 1.47. The largest absolute Gasteiger partial charge is 0.397 e. The van der Waals surface area contributed by atoms with Crippen LogP contribution >= 0.6 is 11.3 Å². The van der Waals surface area contributed by atoms with Crippen LogP contribution in [-0.4, -0.2) is 9.38 Å². The Bertz CT molecular complexity index is 610. The fourth-order valence-electron chi connectivity index (χ4n) is 1.80. The van der Waals surface area contributed by atoms with Crippen molar-refractivity contribution in [1.29, 1.82) is 0 Å². The summed E-state index contributed by atoms with van der Waals surface area (Å²) in [4.78, 5) is 5.74. The molecule has 16 heavy (non-hydrogen) atoms. The van der Waals surface area contributed by atoms with Crippen LogP contribution in [0.25, 0.3) is 5.52 Å². The average molecular weight is 229 g/mol. The summed E-state index contributed by atoms with van der Waals surface area (Å²) in [6, 6.07) is 8.02. The Morgan fingerprint density at radius 2 is 2.25 bits per heavy atom. The van der Waals surface area contributed by atoms with Crippen LogP contribution in [-0.2, 0) is 6.42 Å². The number of hydrogen-bond acceptors (Lipinski definition) is 3. The molecule has 80 valence electrons. The van der Waals surface area contributed by atoms with E-state index < -0.39 is 0 Å². The molecule has 0 saturated heterocycles. The maximum atomic E-state index is 5.88. The molecule has 3 rings (SSSR count). The van der Waals surface area contributed by atoms with Gasteiger partial charge in [-0.15, -0.1) is 11.3 Å². The van der Waals surface area contributed by atoms with Gasteiger partial charge in [0.15, 0.2) is 0 Å². The molecule has 0 bridgehead atoms. The smallest absolute Gasteiger partial charge is 0.118 e. The number of imidazole rings is 1. The first-order valence-electron chi connectivity index (χ1n) is 5.07. The molecule has 0 atom stereocenters. The van der Waals surface area contributed by atoms with Gasteiger partial charge in [0.25, 0.3) is 0 Å². The summed E-state index contributed by atoms with van der Waals surface area (Å²) in [7, 11) is 0. The first-order chi connectivity index (χ1) is 7.84. The summed E-state index contributed by atoms with van der Waals surface area (Å²) < 4.78 is 2.05. The lowest BCUT2D eigenvalue weighted by atomic mass is 10.3. The van der Waals surface area contributed by atoms with E-state index in [0.717, 1.165) is 23.4 Å². The Kier molecular flexibility index (Phi) is 2.15. The molecule has 4 heteroatoms. The van der Waals surface area contributed by atoms with E-state index in [-0.39, 0.29) is 0 Å². The van der Waals surface area contributed by atoms with E-state index in [1.165, 1.54) is 4.88 Å². The van der Waals surface area contributed by atoms with Crippen LogP contribution in [0.1, 0.15) is 10.7 Å². The zero-order chi connectivity index (χ0) is 11.0. The molecule has 0 aliphatic carbocycles. The molecule has 3 heterocycles. The zero-order valence-corrected chi connectivity index (χ0v) is 9.45. The van der Waals surface area contributed by atoms with E-state index >= 15 is 0 Å². The fourth-order valence-corrected chi connectivity index (χ4v) is 2.50. The molecule has 2 N–H and O–H groups in total. The number of nitrogens with zero attached hydrogens (tertiary/aromatic N) is 2. The van der Waals surface area contributed by atoms with Crippen LogP contribution in [0.2, 0.25) is 0 Å². The molecule has 0 saturated carbocycles. The van der Waals surface area contributed by atoms with E-state index in [9.17, 15) is 0 Å². The van der Waals surface area contributed by atoms with Crippen LogP contribution in [0.4, 0.5) is 5.69 Å². The number of fused-ring (bicyclic) bond motifs is 1. The second-order valence-electron chi connectivity index (χ2n) is 3.65. The molecule has 0 aliphatic rings. The number of anilines is 1. The second kappa shape index (κ2) is 3.64. The Labute approximate surface area is 97.2 Å². The van der Waals surface area contributed by atoms with Gasteiger partial charge in [0.1, 0.15) is 5.82 Å². The molecular weight excluding hydrogens is 218 g/mol. The van der Waals surface area contributed by atoms with Gasteiger partial charge in [-0.3, -0.25) is 0 Å². The first kappa shape index (κ1) is 9.42. The predicted molar refractivity (Wildman–Crippen MR) is 66.7 cm³/mol. The van der Waals surface area contributed by atoms with Crippen molar-refractivity contribution in [2.24, 2.45) is 0 Å². The van der Waals surface area contributed by atoms with Crippen molar-refractivity contribution in [3.63, 3.8) is 0 Å². The van der Waals surface area contributed by atoms with Crippen LogP contribution in [0.15, 0.2) is 42.0 Å². The highest BCUT2D eigenvalue weighted by molar-refractivity contribution is 7.09. The van der Waals surface area contributed by atoms with Crippen molar-refractivity contribution in [1.82, 2.24) is 9.38 Å². The van der Waals surface area contributed by atoms with Gasteiger partial charge in [0.05, 0.1) is 17.4 Å². The average Bonchev–Trinajstić information content (AvgIpc) is 2.90. The maximum Gasteiger partial charge on any atom is 0.118 e. The predicted octanol–water partition coefficient (Wildman–Crippen LogP) is 2.57. The molecular formula is C12H11N3S. The van der Waals surface area contributed by atoms with Gasteiger partial charge in [-0.1, -0.05) is 6.07 Å². The normalized spacial score (nSPS) is 11.0. The molecule has 3 aromatic rings. The van der Waals surface area contributed by atoms with Crippen molar-refractivity contribution in [2.75, 3.05) is 5.73 Å². The molecule has 0 spiro atoms. The lowest BCUT2D eigenvalue weighted by Gasteiger charge is -2.01. The number of nitrogens with two attached hydrogens (primary N) is 1. The minimum atomic E-state index is 0.771. The van der Waals surface area contributed by atoms with Gasteiger partial charge < -0.3 is 10.1 Å². The van der Waals surface area contributed by atoms with Crippen molar-refractivity contribution in [2.45, 2.75) is 6.42 Å². The van der Waals surface area contributed by atoms with Gasteiger partial charge in [-0.05, 0) is 23.6 Å². The number of aromatic nitrogens is 2. The fraction of sp³-hybridized carbons (Fsp3) is 0.0833. The number of pyridine rings is 1. The number of hydrogen-bond donors (Lipinski definition) is 1. The van der Waals surface area contributed by atoms with E-state index in [2.05, 4.69) is 26.9 Å². The number of nitrogen functional groups attached to an aromatic ring is 1. The highest BCUT2D eigenvalue weighted by atomic mass is 32.1. The molecule has 0 aromatic carbocycles. The van der Waals surface area contributed by atoms with Gasteiger partial charge in [-0.25, -0.2) is 4.98 Å². The van der Waals surface area contributed by atoms with Crippen LogP contribution in [0.3, 0.4) is 0 Å². The summed E-state index contributed by atoms with van der Waals surface area (Å²) in [6.45, 7) is 0. The summed E-state index contributed by atoms with van der Waals surface area (Å²) in [5, 5.41) is 2.08. The summed E-state index contributed by atoms with van der Waals surface area (Å²) in [6.07, 6.45) is 4.69. The monoisotopic (exact) mass is 229 g/mol. The lowest BCUT2D eigenvalue weighted by molar-refractivity contribution is 0.974. The molecule has 0 amide bonds. The quantitative estimate of drug-likeness (QED) is 0.734. The van der Waals surface area contributed by atoms with Crippen LogP contribution < -0.4 is 5.73 Å². The van der Waals surface area contributed by atoms with Crippen molar-refractivity contribution in [3.8, 4) is 0 Å². The third-order valence-electron chi connectivity index (χ3n) is 2.59. The first-order valence-corrected chi connectivity index (χ1v) is 5.95. The lowest BCUT2D eigenvalue weighted by Crippen LogP contribution is -1.96. The molecule has 3 aromatic heterocycles. The summed E-state index contributed by atoms with van der Waals surface area (Å²) in [5.41, 5.74) is 7.64. The maximum absolute atomic E-state index is 5.88. The van der Waals surface area contributed by atoms with Crippen LogP contribution in [0.5, 0.6) is 0 Å². The molecule has 0 unspecified atom stereocenters. The van der Waals surface area contributed by atoms with Gasteiger partial charge in [0.2, 0.25) is 0 Å². The number of rotatable bonds is 2. The van der Waals surface area contributed by atoms with E-state index in [1.807, 2.05) is 24.5 Å². The third-order valence-corrected chi connectivity index (χ3v) is 3.47. The van der Waals surface area contributed by atoms with Crippen molar-refractivity contribution >= 4 is 22.5 Å². The SMILES string of the molecule is Nc1cccn2c(Cc3cccs3)ncc12. The molecule has 0 aliphatic heterocycles. The van der Waals surface area contributed by atoms with Gasteiger partial charge >= 0.3 is 0 Å². The van der Waals surface area contributed by atoms with Crippen molar-refractivity contribution in [3.05, 3.63) is 52.7 Å². The van der Waals surface area contributed by atoms with Gasteiger partial charge in [0, 0.05) is 17.5 Å². The number of thiophene rings is 1. The minimum Gasteiger partial charge on any atom is -0.397 e. The minimum absolute atomic E-state index is 0.771. The summed E-state index contributed by atoms with van der Waals surface area (Å²) >= 11 is 1.75. The Morgan fingerprint density at radius 3 is 3.06 bits per heavy atom. The Hall–Kier alpha value is -1.81. The molecule has 3 nitrogen and oxygen atoms in total. The second-order valence-corrected chi connectivity index (χ2v) is 4.68. The van der Waals surface area contributed by atoms with Gasteiger partial charge in [-0.2, -0.15) is 0 Å². The van der Waals surface area contributed by atoms with E-state index in [0.29, 0.717) is 0 Å². The van der Waals surface area contributed by atoms with Crippen LogP contribution in [0, 0.1) is 0 Å². The highest BCUT2D eigenvalue weighted by Crippen LogP contribution is 2.18. The Morgan fingerprint density at radius 1 is 1.31 bits per heavy atom. The highest BCUT2D eigenvalue weighted by Gasteiger charge is 2.06. The van der Waals surface area contributed by atoms with E-state index in [1.54, 1.807) is 11.3 Å². The topological polar surface area (TPSA) is 43.3 Å². The zero-order valence-electron chi connectivity index (χ0n) is 8.63. The standard InChI is InChI=1S/C12H11N3S/c13-10-4-1-5-15-11(10)8-14-12(15)7-9-3-2-6-16-9/h1-6,8H,7,13H2. The Balaban J connectivity index is 2.08. The van der Waals surface area contributed by atoms with E-state index in [4.69, 9.17) is 5.73 Å².